The summed E-state index contributed by atoms with van der Waals surface area (Å²) in [5, 5.41) is 0.615. The van der Waals surface area contributed by atoms with Crippen molar-refractivity contribution in [2.45, 2.75) is 6.92 Å². The third-order valence-electron chi connectivity index (χ3n) is 2.31. The third-order valence-corrected chi connectivity index (χ3v) is 2.31. The molecule has 0 aliphatic rings. The van der Waals surface area contributed by atoms with Crippen LogP contribution in [0.15, 0.2) is 24.5 Å². The molecule has 2 rings (SSSR count). The Bertz CT molecular complexity index is 572. The van der Waals surface area contributed by atoms with Crippen molar-refractivity contribution in [2.75, 3.05) is 7.11 Å². The summed E-state index contributed by atoms with van der Waals surface area (Å²) in [6.07, 6.45) is 3.02. The molecule has 0 amide bonds. The van der Waals surface area contributed by atoms with Crippen LogP contribution < -0.4 is 0 Å². The molecule has 0 bridgehead atoms. The summed E-state index contributed by atoms with van der Waals surface area (Å²) in [5.74, 6) is -0.670. The fourth-order valence-electron chi connectivity index (χ4n) is 1.57. The van der Waals surface area contributed by atoms with E-state index in [0.717, 1.165) is 0 Å². The molecule has 2 aromatic heterocycles. The van der Waals surface area contributed by atoms with E-state index in [1.54, 1.807) is 18.3 Å². The Balaban J connectivity index is 2.76. The smallest absolute Gasteiger partial charge is 0.340 e. The average Bonchev–Trinajstić information content (AvgIpc) is 2.67. The summed E-state index contributed by atoms with van der Waals surface area (Å²) in [5.41, 5.74) is 0.816. The molecule has 0 unspecified atom stereocenters. The van der Waals surface area contributed by atoms with Crippen LogP contribution in [0.5, 0.6) is 0 Å². The third kappa shape index (κ3) is 1.46. The van der Waals surface area contributed by atoms with Crippen molar-refractivity contribution in [1.82, 2.24) is 9.55 Å². The fourth-order valence-corrected chi connectivity index (χ4v) is 1.57. The van der Waals surface area contributed by atoms with Crippen molar-refractivity contribution in [3.63, 3.8) is 0 Å². The van der Waals surface area contributed by atoms with Gasteiger partial charge in [-0.1, -0.05) is 0 Å². The van der Waals surface area contributed by atoms with Gasteiger partial charge in [-0.05, 0) is 12.1 Å². The largest absolute Gasteiger partial charge is 0.465 e. The number of hydrogen-bond acceptors (Lipinski definition) is 4. The van der Waals surface area contributed by atoms with Crippen LogP contribution in [0.1, 0.15) is 22.1 Å². The first-order valence-corrected chi connectivity index (χ1v) is 4.70. The number of nitrogens with zero attached hydrogens (tertiary/aromatic N) is 2. The van der Waals surface area contributed by atoms with Gasteiger partial charge in [0.15, 0.2) is 0 Å². The molecule has 0 fully saturated rings. The number of ether oxygens (including phenoxy) is 1. The van der Waals surface area contributed by atoms with E-state index in [1.165, 1.54) is 24.8 Å². The predicted octanol–water partition coefficient (Wildman–Crippen LogP) is 1.48. The minimum absolute atomic E-state index is 0.196. The fraction of sp³-hybridized carbons (Fsp3) is 0.182. The van der Waals surface area contributed by atoms with Crippen molar-refractivity contribution in [3.8, 4) is 0 Å². The highest BCUT2D eigenvalue weighted by Gasteiger charge is 2.17. The lowest BCUT2D eigenvalue weighted by Gasteiger charge is -1.95. The number of pyridine rings is 1. The highest BCUT2D eigenvalue weighted by Crippen LogP contribution is 2.19. The van der Waals surface area contributed by atoms with Gasteiger partial charge in [0.05, 0.1) is 12.7 Å². The van der Waals surface area contributed by atoms with Crippen molar-refractivity contribution in [2.24, 2.45) is 0 Å². The van der Waals surface area contributed by atoms with Crippen LogP contribution in [-0.2, 0) is 4.74 Å². The van der Waals surface area contributed by atoms with Crippen LogP contribution in [0, 0.1) is 0 Å². The summed E-state index contributed by atoms with van der Waals surface area (Å²) in [6.45, 7) is 1.41. The van der Waals surface area contributed by atoms with Gasteiger partial charge in [0.1, 0.15) is 5.65 Å². The quantitative estimate of drug-likeness (QED) is 0.680. The van der Waals surface area contributed by atoms with Crippen molar-refractivity contribution < 1.29 is 14.3 Å². The van der Waals surface area contributed by atoms with Crippen LogP contribution in [-0.4, -0.2) is 28.5 Å². The highest BCUT2D eigenvalue weighted by atomic mass is 16.5. The number of methoxy groups -OCH3 is 1. The molecule has 0 atom stereocenters. The molecule has 82 valence electrons. The van der Waals surface area contributed by atoms with Gasteiger partial charge in [-0.15, -0.1) is 0 Å². The lowest BCUT2D eigenvalue weighted by molar-refractivity contribution is 0.0603. The monoisotopic (exact) mass is 218 g/mol. The molecule has 0 saturated heterocycles. The van der Waals surface area contributed by atoms with Gasteiger partial charge in [0.25, 0.3) is 0 Å². The number of esters is 1. The zero-order chi connectivity index (χ0) is 11.7. The summed E-state index contributed by atoms with van der Waals surface area (Å²) in [4.78, 5) is 26.9. The first-order valence-electron chi connectivity index (χ1n) is 4.70. The molecule has 2 aromatic rings. The summed E-state index contributed by atoms with van der Waals surface area (Å²) in [7, 11) is 1.30. The second kappa shape index (κ2) is 3.77. The number of aromatic nitrogens is 2. The molecule has 0 spiro atoms. The lowest BCUT2D eigenvalue weighted by atomic mass is 10.2. The molecule has 16 heavy (non-hydrogen) atoms. The zero-order valence-electron chi connectivity index (χ0n) is 8.93. The van der Waals surface area contributed by atoms with Crippen molar-refractivity contribution in [3.05, 3.63) is 30.1 Å². The van der Waals surface area contributed by atoms with E-state index in [-0.39, 0.29) is 5.91 Å². The molecule has 2 heterocycles. The van der Waals surface area contributed by atoms with E-state index < -0.39 is 5.97 Å². The van der Waals surface area contributed by atoms with E-state index >= 15 is 0 Å². The predicted molar refractivity (Wildman–Crippen MR) is 57.4 cm³/mol. The second-order valence-corrected chi connectivity index (χ2v) is 3.30. The second-order valence-electron chi connectivity index (χ2n) is 3.30. The van der Waals surface area contributed by atoms with E-state index in [2.05, 4.69) is 9.72 Å². The van der Waals surface area contributed by atoms with Gasteiger partial charge in [0, 0.05) is 24.7 Å². The van der Waals surface area contributed by atoms with Crippen molar-refractivity contribution >= 4 is 22.9 Å². The Kier molecular flexibility index (Phi) is 2.44. The Labute approximate surface area is 91.6 Å². The Morgan fingerprint density at radius 3 is 2.81 bits per heavy atom. The van der Waals surface area contributed by atoms with E-state index in [1.807, 2.05) is 0 Å². The normalized spacial score (nSPS) is 10.4. The molecule has 5 heteroatoms. The van der Waals surface area contributed by atoms with Gasteiger partial charge in [-0.25, -0.2) is 9.78 Å². The minimum atomic E-state index is -0.474. The van der Waals surface area contributed by atoms with Gasteiger partial charge in [-0.3, -0.25) is 9.36 Å². The Morgan fingerprint density at radius 1 is 1.44 bits per heavy atom. The number of rotatable bonds is 1. The number of hydrogen-bond donors (Lipinski definition) is 0. The van der Waals surface area contributed by atoms with Crippen LogP contribution in [0.25, 0.3) is 11.0 Å². The zero-order valence-corrected chi connectivity index (χ0v) is 8.93. The van der Waals surface area contributed by atoms with Gasteiger partial charge < -0.3 is 4.74 Å². The maximum absolute atomic E-state index is 11.5. The molecule has 0 aromatic carbocycles. The van der Waals surface area contributed by atoms with Crippen molar-refractivity contribution in [1.29, 1.82) is 0 Å². The summed E-state index contributed by atoms with van der Waals surface area (Å²) in [6, 6.07) is 3.44. The Hall–Kier alpha value is -2.17. The number of carbonyl (C=O) groups excluding carboxylic acids is 2. The van der Waals surface area contributed by atoms with Crippen LogP contribution in [0.2, 0.25) is 0 Å². The standard InChI is InChI=1S/C11H10N2O3/c1-7(14)13-6-9(11(15)16-2)8-4-3-5-12-10(8)13/h3-6H,1-2H3. The molecular formula is C11H10N2O3. The summed E-state index contributed by atoms with van der Waals surface area (Å²) >= 11 is 0. The van der Waals surface area contributed by atoms with Gasteiger partial charge >= 0.3 is 5.97 Å². The Morgan fingerprint density at radius 2 is 2.19 bits per heavy atom. The van der Waals surface area contributed by atoms with E-state index in [9.17, 15) is 9.59 Å². The lowest BCUT2D eigenvalue weighted by Crippen LogP contribution is -2.04. The molecule has 0 radical (unpaired) electrons. The molecular weight excluding hydrogens is 208 g/mol. The molecule has 5 nitrogen and oxygen atoms in total. The average molecular weight is 218 g/mol. The first-order chi connectivity index (χ1) is 7.65. The van der Waals surface area contributed by atoms with Gasteiger partial charge in [-0.2, -0.15) is 0 Å². The maximum atomic E-state index is 11.5. The summed E-state index contributed by atoms with van der Waals surface area (Å²) < 4.78 is 5.98. The van der Waals surface area contributed by atoms with Crippen LogP contribution >= 0.6 is 0 Å². The highest BCUT2D eigenvalue weighted by molar-refractivity contribution is 6.05. The molecule has 0 N–H and O–H groups in total. The topological polar surface area (TPSA) is 61.2 Å². The molecule has 0 aliphatic carbocycles. The van der Waals surface area contributed by atoms with E-state index in [4.69, 9.17) is 0 Å². The maximum Gasteiger partial charge on any atom is 0.340 e. The SMILES string of the molecule is COC(=O)c1cn(C(C)=O)c2ncccc12. The van der Waals surface area contributed by atoms with Crippen LogP contribution in [0.3, 0.4) is 0 Å². The molecule has 0 aliphatic heterocycles. The van der Waals surface area contributed by atoms with E-state index in [0.29, 0.717) is 16.6 Å². The first kappa shape index (κ1) is 10.4. The van der Waals surface area contributed by atoms with Crippen LogP contribution in [0.4, 0.5) is 0 Å². The minimum Gasteiger partial charge on any atom is -0.465 e. The van der Waals surface area contributed by atoms with Gasteiger partial charge in [0.2, 0.25) is 5.91 Å². The number of carbonyl (C=O) groups is 2. The number of fused-ring (bicyclic) bond motifs is 1. The molecule has 0 saturated carbocycles.